The largest absolute Gasteiger partial charge is 0.336 e. The maximum absolute atomic E-state index is 12.7. The molecule has 3 aromatic rings. The van der Waals surface area contributed by atoms with Crippen LogP contribution in [0.15, 0.2) is 30.6 Å². The van der Waals surface area contributed by atoms with Crippen molar-refractivity contribution >= 4 is 23.3 Å². The summed E-state index contributed by atoms with van der Waals surface area (Å²) in [4.78, 5) is 34.9. The van der Waals surface area contributed by atoms with E-state index in [1.54, 1.807) is 11.6 Å². The summed E-state index contributed by atoms with van der Waals surface area (Å²) in [5, 5.41) is 7.02. The molecule has 0 bridgehead atoms. The predicted molar refractivity (Wildman–Crippen MR) is 106 cm³/mol. The number of anilines is 1. The molecule has 146 valence electrons. The second kappa shape index (κ2) is 8.16. The average Bonchev–Trinajstić information content (AvgIpc) is 3.13. The van der Waals surface area contributed by atoms with Crippen LogP contribution in [0.4, 0.5) is 5.69 Å². The highest BCUT2D eigenvalue weighted by molar-refractivity contribution is 5.95. The summed E-state index contributed by atoms with van der Waals surface area (Å²) >= 11 is 0. The third kappa shape index (κ3) is 4.00. The van der Waals surface area contributed by atoms with Crippen molar-refractivity contribution in [2.45, 2.75) is 33.6 Å². The Hall–Kier alpha value is -3.29. The number of amides is 2. The van der Waals surface area contributed by atoms with Gasteiger partial charge in [0, 0.05) is 29.7 Å². The summed E-state index contributed by atoms with van der Waals surface area (Å²) in [6.45, 7) is 5.74. The molecule has 0 aliphatic heterocycles. The Labute approximate surface area is 163 Å². The summed E-state index contributed by atoms with van der Waals surface area (Å²) in [5.74, 6) is 0.120. The normalized spacial score (nSPS) is 10.9. The van der Waals surface area contributed by atoms with Gasteiger partial charge in [-0.3, -0.25) is 9.59 Å². The maximum Gasteiger partial charge on any atom is 0.252 e. The maximum atomic E-state index is 12.7. The van der Waals surface area contributed by atoms with Gasteiger partial charge in [0.05, 0.1) is 13.0 Å². The van der Waals surface area contributed by atoms with Crippen LogP contribution in [0.1, 0.15) is 29.4 Å². The van der Waals surface area contributed by atoms with Crippen LogP contribution in [0.5, 0.6) is 0 Å². The van der Waals surface area contributed by atoms with Crippen molar-refractivity contribution < 1.29 is 9.59 Å². The summed E-state index contributed by atoms with van der Waals surface area (Å²) in [5.41, 5.74) is 4.20. The third-order valence-corrected chi connectivity index (χ3v) is 4.80. The first-order chi connectivity index (χ1) is 13.4. The van der Waals surface area contributed by atoms with Gasteiger partial charge in [0.1, 0.15) is 6.33 Å². The minimum Gasteiger partial charge on any atom is -0.336 e. The molecule has 0 fully saturated rings. The molecule has 0 aliphatic carbocycles. The van der Waals surface area contributed by atoms with Crippen LogP contribution in [0.2, 0.25) is 0 Å². The molecular formula is C20H24N6O2. The molecule has 1 aromatic carbocycles. The van der Waals surface area contributed by atoms with Gasteiger partial charge >= 0.3 is 0 Å². The molecule has 2 heterocycles. The number of aromatic nitrogens is 4. The topological polar surface area (TPSA) is 92.5 Å². The zero-order valence-corrected chi connectivity index (χ0v) is 16.6. The number of carbonyl (C=O) groups is 2. The van der Waals surface area contributed by atoms with Crippen LogP contribution in [0, 0.1) is 13.8 Å². The number of rotatable bonds is 6. The number of carbonyl (C=O) groups excluding carboxylic acids is 2. The van der Waals surface area contributed by atoms with Gasteiger partial charge in [-0.1, -0.05) is 25.1 Å². The molecule has 0 radical (unpaired) electrons. The van der Waals surface area contributed by atoms with E-state index in [0.29, 0.717) is 5.78 Å². The lowest BCUT2D eigenvalue weighted by atomic mass is 10.1. The van der Waals surface area contributed by atoms with Gasteiger partial charge in [-0.2, -0.15) is 10.1 Å². The number of likely N-dealkylation sites (N-methyl/N-ethyl adjacent to an activating group) is 1. The first-order valence-corrected chi connectivity index (χ1v) is 9.18. The fourth-order valence-corrected chi connectivity index (χ4v) is 3.14. The first-order valence-electron chi connectivity index (χ1n) is 9.18. The van der Waals surface area contributed by atoms with Crippen molar-refractivity contribution in [3.8, 4) is 0 Å². The third-order valence-electron chi connectivity index (χ3n) is 4.80. The Bertz CT molecular complexity index is 1030. The quantitative estimate of drug-likeness (QED) is 0.706. The standard InChI is InChI=1S/C20H24N6O2/c1-5-15-8-6-7-9-17(15)24-18(27)11-25(4)19(28)10-16-13(2)23-20-21-12-22-26(20)14(16)3/h6-9,12H,5,10-11H2,1-4H3,(H,24,27). The lowest BCUT2D eigenvalue weighted by molar-refractivity contribution is -0.132. The summed E-state index contributed by atoms with van der Waals surface area (Å²) < 4.78 is 1.62. The van der Waals surface area contributed by atoms with Crippen LogP contribution in [-0.2, 0) is 22.4 Å². The second-order valence-corrected chi connectivity index (χ2v) is 6.72. The summed E-state index contributed by atoms with van der Waals surface area (Å²) in [6, 6.07) is 7.66. The van der Waals surface area contributed by atoms with E-state index in [0.717, 1.165) is 34.6 Å². The monoisotopic (exact) mass is 380 g/mol. The van der Waals surface area contributed by atoms with E-state index < -0.39 is 0 Å². The van der Waals surface area contributed by atoms with Crippen LogP contribution >= 0.6 is 0 Å². The van der Waals surface area contributed by atoms with Crippen molar-refractivity contribution in [3.05, 3.63) is 53.1 Å². The average molecular weight is 380 g/mol. The highest BCUT2D eigenvalue weighted by atomic mass is 16.2. The highest BCUT2D eigenvalue weighted by Crippen LogP contribution is 2.16. The fraction of sp³-hybridized carbons (Fsp3) is 0.350. The SMILES string of the molecule is CCc1ccccc1NC(=O)CN(C)C(=O)Cc1c(C)nc2ncnn2c1C. The van der Waals surface area contributed by atoms with Crippen molar-refractivity contribution in [1.82, 2.24) is 24.5 Å². The van der Waals surface area contributed by atoms with Crippen LogP contribution in [0.25, 0.3) is 5.78 Å². The summed E-state index contributed by atoms with van der Waals surface area (Å²) in [7, 11) is 1.62. The van der Waals surface area contributed by atoms with Crippen LogP contribution in [0.3, 0.4) is 0 Å². The Morgan fingerprint density at radius 1 is 1.21 bits per heavy atom. The molecule has 0 saturated carbocycles. The molecule has 0 unspecified atom stereocenters. The van der Waals surface area contributed by atoms with Gasteiger partial charge in [0.25, 0.3) is 5.78 Å². The van der Waals surface area contributed by atoms with E-state index in [2.05, 4.69) is 20.4 Å². The van der Waals surface area contributed by atoms with Gasteiger partial charge in [-0.25, -0.2) is 9.50 Å². The molecule has 0 aliphatic rings. The van der Waals surface area contributed by atoms with E-state index in [1.807, 2.05) is 45.0 Å². The Morgan fingerprint density at radius 2 is 1.96 bits per heavy atom. The number of benzene rings is 1. The van der Waals surface area contributed by atoms with Crippen LogP contribution in [-0.4, -0.2) is 49.9 Å². The zero-order valence-electron chi connectivity index (χ0n) is 16.6. The first kappa shape index (κ1) is 19.5. The zero-order chi connectivity index (χ0) is 20.3. The van der Waals surface area contributed by atoms with Crippen molar-refractivity contribution in [3.63, 3.8) is 0 Å². The van der Waals surface area contributed by atoms with Crippen molar-refractivity contribution in [1.29, 1.82) is 0 Å². The number of nitrogens with one attached hydrogen (secondary N) is 1. The number of hydrogen-bond donors (Lipinski definition) is 1. The molecular weight excluding hydrogens is 356 g/mol. The lowest BCUT2D eigenvalue weighted by Crippen LogP contribution is -2.36. The lowest BCUT2D eigenvalue weighted by Gasteiger charge is -2.19. The predicted octanol–water partition coefficient (Wildman–Crippen LogP) is 1.94. The number of para-hydroxylation sites is 1. The van der Waals surface area contributed by atoms with E-state index in [9.17, 15) is 9.59 Å². The summed E-state index contributed by atoms with van der Waals surface area (Å²) in [6.07, 6.45) is 2.41. The van der Waals surface area contributed by atoms with Gasteiger partial charge in [-0.15, -0.1) is 0 Å². The van der Waals surface area contributed by atoms with Gasteiger partial charge in [-0.05, 0) is 31.9 Å². The molecule has 0 saturated heterocycles. The fourth-order valence-electron chi connectivity index (χ4n) is 3.14. The van der Waals surface area contributed by atoms with Crippen molar-refractivity contribution in [2.75, 3.05) is 18.9 Å². The van der Waals surface area contributed by atoms with E-state index in [-0.39, 0.29) is 24.8 Å². The second-order valence-electron chi connectivity index (χ2n) is 6.72. The number of hydrogen-bond acceptors (Lipinski definition) is 5. The smallest absolute Gasteiger partial charge is 0.252 e. The Morgan fingerprint density at radius 3 is 2.71 bits per heavy atom. The highest BCUT2D eigenvalue weighted by Gasteiger charge is 2.18. The van der Waals surface area contributed by atoms with E-state index in [4.69, 9.17) is 0 Å². The van der Waals surface area contributed by atoms with E-state index >= 15 is 0 Å². The molecule has 0 atom stereocenters. The van der Waals surface area contributed by atoms with Gasteiger partial charge in [0.15, 0.2) is 0 Å². The van der Waals surface area contributed by atoms with Gasteiger partial charge < -0.3 is 10.2 Å². The molecule has 2 aromatic heterocycles. The minimum atomic E-state index is -0.227. The molecule has 1 N–H and O–H groups in total. The number of fused-ring (bicyclic) bond motifs is 1. The molecule has 8 heteroatoms. The molecule has 0 spiro atoms. The Kier molecular flexibility index (Phi) is 5.67. The molecule has 28 heavy (non-hydrogen) atoms. The number of nitrogens with zero attached hydrogens (tertiary/aromatic N) is 5. The minimum absolute atomic E-state index is 0.0199. The number of aryl methyl sites for hydroxylation is 3. The van der Waals surface area contributed by atoms with Crippen LogP contribution < -0.4 is 5.32 Å². The molecule has 8 nitrogen and oxygen atoms in total. The van der Waals surface area contributed by atoms with Gasteiger partial charge in [0.2, 0.25) is 11.8 Å². The van der Waals surface area contributed by atoms with Crippen molar-refractivity contribution in [2.24, 2.45) is 0 Å². The Balaban J connectivity index is 1.67. The molecule has 3 rings (SSSR count). The molecule has 2 amide bonds. The van der Waals surface area contributed by atoms with E-state index in [1.165, 1.54) is 11.2 Å².